The van der Waals surface area contributed by atoms with Crippen molar-refractivity contribution < 1.29 is 10.2 Å². The van der Waals surface area contributed by atoms with Gasteiger partial charge in [-0.15, -0.1) is 10.2 Å². The average molecular weight is 395 g/mol. The van der Waals surface area contributed by atoms with E-state index < -0.39 is 12.2 Å². The van der Waals surface area contributed by atoms with E-state index in [0.717, 1.165) is 12.8 Å². The molecule has 2 heterocycles. The Morgan fingerprint density at radius 3 is 1.43 bits per heavy atom. The van der Waals surface area contributed by atoms with Crippen molar-refractivity contribution in [2.75, 3.05) is 0 Å². The molecule has 0 saturated carbocycles. The summed E-state index contributed by atoms with van der Waals surface area (Å²) in [6.45, 7) is 10.00. The molecule has 0 aliphatic heterocycles. The maximum atomic E-state index is 10.3. The molecule has 0 fully saturated rings. The van der Waals surface area contributed by atoms with Gasteiger partial charge in [-0.25, -0.2) is 9.36 Å². The normalized spacial score (nSPS) is 14.9. The Hall–Kier alpha value is -1.94. The van der Waals surface area contributed by atoms with E-state index in [-0.39, 0.29) is 10.8 Å². The van der Waals surface area contributed by atoms with Crippen LogP contribution in [-0.4, -0.2) is 62.8 Å². The number of tetrazole rings is 2. The number of aliphatic hydroxyl groups excluding tert-OH is 2. The van der Waals surface area contributed by atoms with Gasteiger partial charge < -0.3 is 10.2 Å². The zero-order valence-electron chi connectivity index (χ0n) is 17.4. The Bertz CT molecular complexity index is 599. The first kappa shape index (κ1) is 22.4. The number of aromatic nitrogens is 8. The number of hydrogen-bond acceptors (Lipinski definition) is 8. The molecule has 158 valence electrons. The molecular weight excluding hydrogens is 360 g/mol. The quantitative estimate of drug-likeness (QED) is 0.523. The van der Waals surface area contributed by atoms with E-state index in [1.54, 1.807) is 22.0 Å². The summed E-state index contributed by atoms with van der Waals surface area (Å²) in [5, 5.41) is 43.0. The van der Waals surface area contributed by atoms with E-state index in [0.29, 0.717) is 38.8 Å². The Morgan fingerprint density at radius 1 is 0.714 bits per heavy atom. The Morgan fingerprint density at radius 2 is 1.11 bits per heavy atom. The molecule has 2 aromatic rings. The highest BCUT2D eigenvalue weighted by Gasteiger charge is 2.23. The van der Waals surface area contributed by atoms with Gasteiger partial charge in [-0.05, 0) is 70.2 Å². The summed E-state index contributed by atoms with van der Waals surface area (Å²) in [5.41, 5.74) is -0.00949. The predicted molar refractivity (Wildman–Crippen MR) is 103 cm³/mol. The molecule has 0 aliphatic carbocycles. The van der Waals surface area contributed by atoms with Crippen LogP contribution in [0.2, 0.25) is 0 Å². The average Bonchev–Trinajstić information content (AvgIpc) is 3.30. The van der Waals surface area contributed by atoms with Gasteiger partial charge in [0.05, 0.1) is 12.2 Å². The summed E-state index contributed by atoms with van der Waals surface area (Å²) in [7, 11) is 0. The molecule has 0 aromatic carbocycles. The Labute approximate surface area is 166 Å². The van der Waals surface area contributed by atoms with E-state index in [1.807, 2.05) is 0 Å². The standard InChI is InChI=1S/C18H34N8O2/c1-17(2,11-25-13-19-21-23-25)9-7-15(27)5-6-16(28)8-10-18(3,4)12-26-14-20-22-24-26/h13-16,27-28H,5-12H2,1-4H3. The summed E-state index contributed by atoms with van der Waals surface area (Å²) in [6, 6.07) is 0. The van der Waals surface area contributed by atoms with Gasteiger partial charge in [0.1, 0.15) is 12.7 Å². The SMILES string of the molecule is CC(C)(CCC(O)CCC(O)CCC(C)(C)Cn1cnnn1)Cn1cnnn1. The van der Waals surface area contributed by atoms with Crippen molar-refractivity contribution in [1.82, 2.24) is 40.4 Å². The van der Waals surface area contributed by atoms with Crippen LogP contribution in [0.15, 0.2) is 12.7 Å². The van der Waals surface area contributed by atoms with Crippen molar-refractivity contribution in [2.24, 2.45) is 10.8 Å². The summed E-state index contributed by atoms with van der Waals surface area (Å²) >= 11 is 0. The minimum Gasteiger partial charge on any atom is -0.393 e. The van der Waals surface area contributed by atoms with E-state index in [1.165, 1.54) is 0 Å². The predicted octanol–water partition coefficient (Wildman–Crippen LogP) is 1.47. The van der Waals surface area contributed by atoms with Crippen LogP contribution in [0.4, 0.5) is 0 Å². The third-order valence-electron chi connectivity index (χ3n) is 5.10. The van der Waals surface area contributed by atoms with Crippen molar-refractivity contribution in [2.45, 2.75) is 91.5 Å². The molecule has 2 unspecified atom stereocenters. The highest BCUT2D eigenvalue weighted by atomic mass is 16.3. The zero-order chi connectivity index (χ0) is 20.6. The second-order valence-electron chi connectivity index (χ2n) is 9.31. The fourth-order valence-corrected chi connectivity index (χ4v) is 3.33. The van der Waals surface area contributed by atoms with E-state index in [9.17, 15) is 10.2 Å². The third-order valence-corrected chi connectivity index (χ3v) is 5.10. The van der Waals surface area contributed by atoms with Crippen LogP contribution in [0.25, 0.3) is 0 Å². The van der Waals surface area contributed by atoms with Crippen LogP contribution in [-0.2, 0) is 13.1 Å². The molecule has 0 bridgehead atoms. The number of aliphatic hydroxyl groups is 2. The number of rotatable bonds is 13. The van der Waals surface area contributed by atoms with Gasteiger partial charge in [0, 0.05) is 13.1 Å². The van der Waals surface area contributed by atoms with Crippen LogP contribution in [0.3, 0.4) is 0 Å². The summed E-state index contributed by atoms with van der Waals surface area (Å²) in [6.07, 6.45) is 6.75. The molecule has 0 saturated heterocycles. The van der Waals surface area contributed by atoms with Crippen LogP contribution < -0.4 is 0 Å². The number of hydrogen-bond donors (Lipinski definition) is 2. The fraction of sp³-hybridized carbons (Fsp3) is 0.889. The van der Waals surface area contributed by atoms with Crippen molar-refractivity contribution in [1.29, 1.82) is 0 Å². The van der Waals surface area contributed by atoms with Crippen LogP contribution >= 0.6 is 0 Å². The molecule has 2 N–H and O–H groups in total. The lowest BCUT2D eigenvalue weighted by Gasteiger charge is -2.26. The van der Waals surface area contributed by atoms with Gasteiger partial charge >= 0.3 is 0 Å². The molecule has 0 spiro atoms. The Balaban J connectivity index is 1.62. The minimum atomic E-state index is -0.406. The second-order valence-corrected chi connectivity index (χ2v) is 9.31. The molecule has 2 atom stereocenters. The molecule has 0 aliphatic rings. The molecule has 2 aromatic heterocycles. The van der Waals surface area contributed by atoms with Gasteiger partial charge in [0.2, 0.25) is 0 Å². The maximum Gasteiger partial charge on any atom is 0.138 e. The van der Waals surface area contributed by atoms with Crippen LogP contribution in [0, 0.1) is 10.8 Å². The van der Waals surface area contributed by atoms with Gasteiger partial charge in [-0.2, -0.15) is 0 Å². The molecule has 0 radical (unpaired) electrons. The maximum absolute atomic E-state index is 10.3. The fourth-order valence-electron chi connectivity index (χ4n) is 3.33. The molecule has 10 heteroatoms. The van der Waals surface area contributed by atoms with E-state index in [2.05, 4.69) is 58.7 Å². The number of nitrogens with zero attached hydrogens (tertiary/aromatic N) is 8. The third kappa shape index (κ3) is 8.39. The molecule has 28 heavy (non-hydrogen) atoms. The molecule has 0 amide bonds. The van der Waals surface area contributed by atoms with Crippen molar-refractivity contribution in [3.63, 3.8) is 0 Å². The second kappa shape index (κ2) is 10.0. The van der Waals surface area contributed by atoms with E-state index >= 15 is 0 Å². The molecule has 2 rings (SSSR count). The molecule has 10 nitrogen and oxygen atoms in total. The van der Waals surface area contributed by atoms with Gasteiger partial charge in [0.15, 0.2) is 0 Å². The monoisotopic (exact) mass is 394 g/mol. The smallest absolute Gasteiger partial charge is 0.138 e. The molecular formula is C18H34N8O2. The summed E-state index contributed by atoms with van der Waals surface area (Å²) < 4.78 is 3.43. The lowest BCUT2D eigenvalue weighted by atomic mass is 9.85. The largest absolute Gasteiger partial charge is 0.393 e. The first-order valence-electron chi connectivity index (χ1n) is 9.93. The minimum absolute atomic E-state index is 0.00475. The first-order valence-corrected chi connectivity index (χ1v) is 9.93. The topological polar surface area (TPSA) is 128 Å². The lowest BCUT2D eigenvalue weighted by Crippen LogP contribution is -2.24. The highest BCUT2D eigenvalue weighted by Crippen LogP contribution is 2.28. The summed E-state index contributed by atoms with van der Waals surface area (Å²) in [5.74, 6) is 0. The van der Waals surface area contributed by atoms with Gasteiger partial charge in [-0.1, -0.05) is 27.7 Å². The van der Waals surface area contributed by atoms with Crippen molar-refractivity contribution >= 4 is 0 Å². The van der Waals surface area contributed by atoms with Gasteiger partial charge in [-0.3, -0.25) is 0 Å². The van der Waals surface area contributed by atoms with Gasteiger partial charge in [0.25, 0.3) is 0 Å². The van der Waals surface area contributed by atoms with E-state index in [4.69, 9.17) is 0 Å². The van der Waals surface area contributed by atoms with Crippen LogP contribution in [0.5, 0.6) is 0 Å². The summed E-state index contributed by atoms with van der Waals surface area (Å²) in [4.78, 5) is 0. The Kier molecular flexibility index (Phi) is 7.99. The first-order chi connectivity index (χ1) is 13.2. The highest BCUT2D eigenvalue weighted by molar-refractivity contribution is 4.74. The lowest BCUT2D eigenvalue weighted by molar-refractivity contribution is 0.0844. The van der Waals surface area contributed by atoms with Crippen molar-refractivity contribution in [3.8, 4) is 0 Å². The van der Waals surface area contributed by atoms with Crippen LogP contribution in [0.1, 0.15) is 66.2 Å². The van der Waals surface area contributed by atoms with Crippen molar-refractivity contribution in [3.05, 3.63) is 12.7 Å². The zero-order valence-corrected chi connectivity index (χ0v) is 17.4.